The number of hydrogen-bond acceptors (Lipinski definition) is 12. The van der Waals surface area contributed by atoms with E-state index in [1.807, 2.05) is 0 Å². The van der Waals surface area contributed by atoms with E-state index in [9.17, 15) is 24.6 Å². The van der Waals surface area contributed by atoms with Crippen molar-refractivity contribution in [1.29, 1.82) is 0 Å². The third-order valence-corrected chi connectivity index (χ3v) is 5.05. The molecule has 1 aromatic carbocycles. The van der Waals surface area contributed by atoms with Crippen molar-refractivity contribution in [2.45, 2.75) is 31.5 Å². The normalized spacial score (nSPS) is 23.2. The van der Waals surface area contributed by atoms with E-state index in [-0.39, 0.29) is 54.9 Å². The van der Waals surface area contributed by atoms with Gasteiger partial charge in [-0.05, 0) is 6.92 Å². The number of nitrogen functional groups attached to an aromatic ring is 1. The minimum absolute atomic E-state index is 0.0213. The van der Waals surface area contributed by atoms with Crippen LogP contribution in [0.3, 0.4) is 0 Å². The summed E-state index contributed by atoms with van der Waals surface area (Å²) in [4.78, 5) is 45.2. The first-order valence-electron chi connectivity index (χ1n) is 9.87. The first-order valence-corrected chi connectivity index (χ1v) is 9.87. The predicted octanol–water partition coefficient (Wildman–Crippen LogP) is -3.02. The van der Waals surface area contributed by atoms with Gasteiger partial charge in [-0.25, -0.2) is 4.98 Å². The van der Waals surface area contributed by atoms with Crippen molar-refractivity contribution < 1.29 is 24.4 Å². The molecule has 14 heteroatoms. The Morgan fingerprint density at radius 2 is 1.94 bits per heavy atom. The molecule has 3 aromatic rings. The Labute approximate surface area is 179 Å². The Kier molecular flexibility index (Phi) is 5.92. The fraction of sp³-hybridized carbons (Fsp3) is 0.500. The van der Waals surface area contributed by atoms with Gasteiger partial charge in [-0.15, -0.1) is 0 Å². The quantitative estimate of drug-likeness (QED) is 0.163. The first kappa shape index (κ1) is 21.9. The number of aromatic amines is 1. The number of nitrogens with zero attached hydrogens (tertiary/aromatic N) is 3. The number of imidazole rings is 1. The van der Waals surface area contributed by atoms with Crippen molar-refractivity contribution in [2.24, 2.45) is 0 Å². The highest BCUT2D eigenvalue weighted by molar-refractivity contribution is 5.70. The lowest BCUT2D eigenvalue weighted by molar-refractivity contribution is -0.0342. The van der Waals surface area contributed by atoms with Gasteiger partial charge in [0.05, 0.1) is 12.9 Å². The molecule has 0 saturated carbocycles. The van der Waals surface area contributed by atoms with Crippen LogP contribution in [0.1, 0.15) is 13.2 Å². The smallest absolute Gasteiger partial charge is 0.280 e. The fourth-order valence-corrected chi connectivity index (χ4v) is 3.48. The SMILES string of the molecule is CCOc1c(OCCNC[C@H]2O[C@@H](n3cnc4c(=O)[nH]c(N)nc43)[C@H](O)[C@@H]2O)c(=O)c1=O. The molecule has 0 bridgehead atoms. The van der Waals surface area contributed by atoms with Crippen LogP contribution in [-0.4, -0.2) is 74.3 Å². The van der Waals surface area contributed by atoms with E-state index in [2.05, 4.69) is 20.3 Å². The lowest BCUT2D eigenvalue weighted by Gasteiger charge is -2.17. The van der Waals surface area contributed by atoms with E-state index in [1.165, 1.54) is 10.9 Å². The van der Waals surface area contributed by atoms with E-state index in [1.54, 1.807) is 6.92 Å². The lowest BCUT2D eigenvalue weighted by atomic mass is 10.1. The van der Waals surface area contributed by atoms with Gasteiger partial charge in [0.15, 0.2) is 17.4 Å². The van der Waals surface area contributed by atoms with Crippen LogP contribution in [0.4, 0.5) is 5.95 Å². The van der Waals surface area contributed by atoms with Crippen LogP contribution in [0.2, 0.25) is 0 Å². The van der Waals surface area contributed by atoms with Crippen LogP contribution >= 0.6 is 0 Å². The zero-order valence-electron chi connectivity index (χ0n) is 17.0. The van der Waals surface area contributed by atoms with E-state index < -0.39 is 41.0 Å². The highest BCUT2D eigenvalue weighted by Crippen LogP contribution is 2.30. The Morgan fingerprint density at radius 1 is 1.22 bits per heavy atom. The van der Waals surface area contributed by atoms with Crippen LogP contribution in [0.25, 0.3) is 11.2 Å². The molecule has 3 heterocycles. The number of rotatable bonds is 9. The number of aromatic nitrogens is 4. The van der Waals surface area contributed by atoms with Crippen molar-refractivity contribution in [3.63, 3.8) is 0 Å². The first-order chi connectivity index (χ1) is 15.3. The molecule has 2 aromatic heterocycles. The summed E-state index contributed by atoms with van der Waals surface area (Å²) < 4.78 is 17.5. The number of H-pyrrole nitrogens is 1. The van der Waals surface area contributed by atoms with Gasteiger partial charge in [0.1, 0.15) is 24.9 Å². The molecule has 0 radical (unpaired) electrons. The number of fused-ring (bicyclic) bond motifs is 1. The number of aliphatic hydroxyl groups excluding tert-OH is 2. The molecular formula is C18H22N6O8. The Morgan fingerprint density at radius 3 is 2.66 bits per heavy atom. The van der Waals surface area contributed by atoms with Gasteiger partial charge in [-0.2, -0.15) is 4.98 Å². The summed E-state index contributed by atoms with van der Waals surface area (Å²) >= 11 is 0. The molecule has 1 saturated heterocycles. The van der Waals surface area contributed by atoms with Crippen molar-refractivity contribution >= 4 is 17.1 Å². The molecule has 1 aliphatic heterocycles. The predicted molar refractivity (Wildman–Crippen MR) is 109 cm³/mol. The van der Waals surface area contributed by atoms with Crippen molar-refractivity contribution in [3.8, 4) is 11.5 Å². The average Bonchev–Trinajstić information content (AvgIpc) is 3.30. The molecule has 0 amide bonds. The second-order valence-electron chi connectivity index (χ2n) is 7.12. The number of nitrogens with one attached hydrogen (secondary N) is 2. The van der Waals surface area contributed by atoms with E-state index in [0.29, 0.717) is 0 Å². The van der Waals surface area contributed by atoms with Gasteiger partial charge in [0.2, 0.25) is 17.4 Å². The number of nitrogens with two attached hydrogens (primary N) is 1. The van der Waals surface area contributed by atoms with Gasteiger partial charge in [0, 0.05) is 13.1 Å². The minimum atomic E-state index is -1.31. The lowest BCUT2D eigenvalue weighted by Crippen LogP contribution is -2.39. The van der Waals surface area contributed by atoms with Crippen LogP contribution < -0.4 is 36.9 Å². The zero-order valence-corrected chi connectivity index (χ0v) is 17.0. The number of ether oxygens (including phenoxy) is 3. The van der Waals surface area contributed by atoms with Crippen molar-refractivity contribution in [1.82, 2.24) is 24.8 Å². The Hall–Kier alpha value is -3.33. The molecular weight excluding hydrogens is 428 g/mol. The summed E-state index contributed by atoms with van der Waals surface area (Å²) in [6.07, 6.45) is -3.10. The second-order valence-corrected chi connectivity index (χ2v) is 7.12. The Balaban J connectivity index is 1.34. The highest BCUT2D eigenvalue weighted by Gasteiger charge is 2.44. The fourth-order valence-electron chi connectivity index (χ4n) is 3.48. The van der Waals surface area contributed by atoms with Crippen LogP contribution in [0, 0.1) is 0 Å². The minimum Gasteiger partial charge on any atom is -0.486 e. The summed E-state index contributed by atoms with van der Waals surface area (Å²) in [6.45, 7) is 2.40. The summed E-state index contributed by atoms with van der Waals surface area (Å²) in [5.41, 5.74) is 3.75. The molecule has 6 N–H and O–H groups in total. The van der Waals surface area contributed by atoms with Crippen LogP contribution in [0.5, 0.6) is 11.5 Å². The molecule has 0 aliphatic carbocycles. The summed E-state index contributed by atoms with van der Waals surface area (Å²) in [5.74, 6) is -0.288. The van der Waals surface area contributed by atoms with Gasteiger partial charge in [0.25, 0.3) is 16.4 Å². The molecule has 14 nitrogen and oxygen atoms in total. The summed E-state index contributed by atoms with van der Waals surface area (Å²) in [5, 5.41) is 23.8. The topological polar surface area (TPSA) is 204 Å². The van der Waals surface area contributed by atoms with Gasteiger partial charge in [-0.3, -0.25) is 23.9 Å². The van der Waals surface area contributed by atoms with E-state index >= 15 is 0 Å². The molecule has 1 fully saturated rings. The van der Waals surface area contributed by atoms with Gasteiger partial charge in [-0.1, -0.05) is 0 Å². The molecule has 0 unspecified atom stereocenters. The average molecular weight is 450 g/mol. The molecule has 32 heavy (non-hydrogen) atoms. The van der Waals surface area contributed by atoms with Gasteiger partial charge < -0.3 is 35.5 Å². The van der Waals surface area contributed by atoms with Gasteiger partial charge >= 0.3 is 0 Å². The maximum absolute atomic E-state index is 11.9. The van der Waals surface area contributed by atoms with Crippen LogP contribution in [0.15, 0.2) is 20.7 Å². The summed E-state index contributed by atoms with van der Waals surface area (Å²) in [7, 11) is 0. The molecule has 4 atom stereocenters. The monoisotopic (exact) mass is 450 g/mol. The summed E-state index contributed by atoms with van der Waals surface area (Å²) in [6, 6.07) is 0. The molecule has 4 rings (SSSR count). The Bertz CT molecular complexity index is 1240. The van der Waals surface area contributed by atoms with E-state index in [0.717, 1.165) is 0 Å². The molecule has 1 aliphatic rings. The molecule has 0 spiro atoms. The second kappa shape index (κ2) is 8.66. The number of aliphatic hydroxyl groups is 2. The number of hydrogen-bond donors (Lipinski definition) is 5. The van der Waals surface area contributed by atoms with Crippen molar-refractivity contribution in [2.75, 3.05) is 32.0 Å². The zero-order chi connectivity index (χ0) is 23.0. The van der Waals surface area contributed by atoms with Crippen LogP contribution in [-0.2, 0) is 4.74 Å². The standard InChI is InChI=1S/C18H22N6O8/c1-2-30-13-10(26)11(27)14(13)31-4-3-20-5-7-9(25)12(28)17(32-7)24-6-21-8-15(24)22-18(19)23-16(8)29/h6-7,9,12,17,20,25,28H,2-5H2,1H3,(H3,19,22,23,29)/t7-,9-,12-,17-/m1/s1. The van der Waals surface area contributed by atoms with Crippen molar-refractivity contribution in [3.05, 3.63) is 37.1 Å². The van der Waals surface area contributed by atoms with E-state index in [4.69, 9.17) is 19.9 Å². The molecule has 172 valence electrons. The largest absolute Gasteiger partial charge is 0.486 e. The highest BCUT2D eigenvalue weighted by atomic mass is 16.6. The number of anilines is 1. The third-order valence-electron chi connectivity index (χ3n) is 5.05. The third kappa shape index (κ3) is 3.73. The maximum atomic E-state index is 11.9. The maximum Gasteiger partial charge on any atom is 0.280 e.